The first kappa shape index (κ1) is 15.9. The zero-order valence-electron chi connectivity index (χ0n) is 11.7. The highest BCUT2D eigenvalue weighted by molar-refractivity contribution is 4.74. The van der Waals surface area contributed by atoms with Crippen LogP contribution in [0.1, 0.15) is 40.5 Å². The summed E-state index contributed by atoms with van der Waals surface area (Å²) in [4.78, 5) is 2.44. The summed E-state index contributed by atoms with van der Waals surface area (Å²) >= 11 is 0. The van der Waals surface area contributed by atoms with Crippen LogP contribution in [-0.4, -0.2) is 48.8 Å². The molecule has 0 aromatic heterocycles. The number of hydrogen-bond acceptors (Lipinski definition) is 3. The van der Waals surface area contributed by atoms with Crippen molar-refractivity contribution in [3.05, 3.63) is 0 Å². The zero-order chi connectivity index (χ0) is 12.6. The van der Waals surface area contributed by atoms with Crippen molar-refractivity contribution in [2.45, 2.75) is 52.7 Å². The molecule has 0 aliphatic carbocycles. The molecule has 1 unspecified atom stereocenters. The maximum absolute atomic E-state index is 9.87. The van der Waals surface area contributed by atoms with Gasteiger partial charge >= 0.3 is 0 Å². The lowest BCUT2D eigenvalue weighted by Gasteiger charge is -2.33. The molecule has 3 nitrogen and oxygen atoms in total. The predicted octanol–water partition coefficient (Wildman–Crippen LogP) is 1.71. The third-order valence-corrected chi connectivity index (χ3v) is 2.94. The van der Waals surface area contributed by atoms with E-state index < -0.39 is 0 Å². The summed E-state index contributed by atoms with van der Waals surface area (Å²) in [5.74, 6) is 0.655. The van der Waals surface area contributed by atoms with Gasteiger partial charge in [-0.05, 0) is 25.8 Å². The minimum absolute atomic E-state index is 0.260. The van der Waals surface area contributed by atoms with Crippen molar-refractivity contribution in [1.29, 1.82) is 0 Å². The van der Waals surface area contributed by atoms with Crippen molar-refractivity contribution in [2.75, 3.05) is 26.7 Å². The first-order valence-electron chi connectivity index (χ1n) is 6.61. The van der Waals surface area contributed by atoms with E-state index >= 15 is 0 Å². The molecule has 1 atom stereocenters. The second kappa shape index (κ2) is 8.97. The Hall–Kier alpha value is -0.120. The van der Waals surface area contributed by atoms with E-state index in [0.717, 1.165) is 25.9 Å². The van der Waals surface area contributed by atoms with E-state index in [-0.39, 0.29) is 6.10 Å². The summed E-state index contributed by atoms with van der Waals surface area (Å²) in [5.41, 5.74) is 0. The Morgan fingerprint density at radius 1 is 1.12 bits per heavy atom. The molecule has 0 bridgehead atoms. The van der Waals surface area contributed by atoms with Crippen LogP contribution >= 0.6 is 0 Å². The summed E-state index contributed by atoms with van der Waals surface area (Å²) in [7, 11) is 1.88. The lowest BCUT2D eigenvalue weighted by Crippen LogP contribution is -2.44. The summed E-state index contributed by atoms with van der Waals surface area (Å²) in [6.07, 6.45) is 2.06. The van der Waals surface area contributed by atoms with Gasteiger partial charge in [-0.3, -0.25) is 4.90 Å². The molecule has 0 heterocycles. The van der Waals surface area contributed by atoms with Gasteiger partial charge in [-0.25, -0.2) is 0 Å². The molecular weight excluding hydrogens is 200 g/mol. The first-order chi connectivity index (χ1) is 7.54. The van der Waals surface area contributed by atoms with E-state index in [1.807, 2.05) is 7.05 Å². The van der Waals surface area contributed by atoms with Crippen LogP contribution in [0.5, 0.6) is 0 Å². The Morgan fingerprint density at radius 2 is 1.69 bits per heavy atom. The molecule has 98 valence electrons. The van der Waals surface area contributed by atoms with Crippen LogP contribution in [0.2, 0.25) is 0 Å². The van der Waals surface area contributed by atoms with Crippen molar-refractivity contribution >= 4 is 0 Å². The van der Waals surface area contributed by atoms with Crippen molar-refractivity contribution in [3.63, 3.8) is 0 Å². The van der Waals surface area contributed by atoms with E-state index in [2.05, 4.69) is 37.9 Å². The molecule has 0 aliphatic rings. The molecule has 3 heteroatoms. The van der Waals surface area contributed by atoms with Crippen LogP contribution in [0.15, 0.2) is 0 Å². The van der Waals surface area contributed by atoms with Crippen LogP contribution in [0.3, 0.4) is 0 Å². The molecule has 0 radical (unpaired) electrons. The van der Waals surface area contributed by atoms with Gasteiger partial charge in [-0.2, -0.15) is 0 Å². The van der Waals surface area contributed by atoms with Crippen LogP contribution in [-0.2, 0) is 0 Å². The first-order valence-corrected chi connectivity index (χ1v) is 6.61. The van der Waals surface area contributed by atoms with Gasteiger partial charge in [0.25, 0.3) is 0 Å². The van der Waals surface area contributed by atoms with E-state index in [1.54, 1.807) is 0 Å². The summed E-state index contributed by atoms with van der Waals surface area (Å²) in [5, 5.41) is 12.9. The molecule has 0 aromatic rings. The largest absolute Gasteiger partial charge is 0.390 e. The van der Waals surface area contributed by atoms with Crippen molar-refractivity contribution in [3.8, 4) is 0 Å². The van der Waals surface area contributed by atoms with Gasteiger partial charge in [-0.1, -0.05) is 27.7 Å². The number of aliphatic hydroxyl groups is 1. The normalized spacial score (nSPS) is 14.1. The van der Waals surface area contributed by atoms with Gasteiger partial charge < -0.3 is 10.4 Å². The lowest BCUT2D eigenvalue weighted by molar-refractivity contribution is 0.0760. The standard InChI is InChI=1S/C13H30N2O/c1-6-12(7-2)15(9-11(3)4)10-13(16)8-14-5/h11-14,16H,6-10H2,1-5H3. The number of nitrogens with one attached hydrogen (secondary N) is 1. The fourth-order valence-corrected chi connectivity index (χ4v) is 2.22. The Labute approximate surface area is 101 Å². The van der Waals surface area contributed by atoms with Crippen LogP contribution in [0, 0.1) is 5.92 Å². The fraction of sp³-hybridized carbons (Fsp3) is 1.00. The molecule has 0 amide bonds. The minimum atomic E-state index is -0.260. The van der Waals surface area contributed by atoms with E-state index in [1.165, 1.54) is 0 Å². The number of rotatable bonds is 9. The zero-order valence-corrected chi connectivity index (χ0v) is 11.7. The van der Waals surface area contributed by atoms with Gasteiger partial charge in [0.15, 0.2) is 0 Å². The van der Waals surface area contributed by atoms with E-state index in [0.29, 0.717) is 18.5 Å². The van der Waals surface area contributed by atoms with Gasteiger partial charge in [0.2, 0.25) is 0 Å². The minimum Gasteiger partial charge on any atom is -0.390 e. The Kier molecular flexibility index (Phi) is 8.90. The summed E-state index contributed by atoms with van der Waals surface area (Å²) in [6.45, 7) is 11.5. The van der Waals surface area contributed by atoms with Crippen molar-refractivity contribution in [2.24, 2.45) is 5.92 Å². The predicted molar refractivity (Wildman–Crippen MR) is 70.7 cm³/mol. The van der Waals surface area contributed by atoms with Crippen molar-refractivity contribution in [1.82, 2.24) is 10.2 Å². The Balaban J connectivity index is 4.28. The molecule has 16 heavy (non-hydrogen) atoms. The van der Waals surface area contributed by atoms with Gasteiger partial charge in [0, 0.05) is 25.7 Å². The molecule has 0 rings (SSSR count). The second-order valence-corrected chi connectivity index (χ2v) is 5.03. The van der Waals surface area contributed by atoms with E-state index in [4.69, 9.17) is 0 Å². The topological polar surface area (TPSA) is 35.5 Å². The quantitative estimate of drug-likeness (QED) is 0.633. The van der Waals surface area contributed by atoms with Crippen LogP contribution in [0.25, 0.3) is 0 Å². The number of aliphatic hydroxyl groups excluding tert-OH is 1. The lowest BCUT2D eigenvalue weighted by atomic mass is 10.1. The molecule has 2 N–H and O–H groups in total. The van der Waals surface area contributed by atoms with Gasteiger partial charge in [-0.15, -0.1) is 0 Å². The molecule has 0 saturated carbocycles. The maximum atomic E-state index is 9.87. The fourth-order valence-electron chi connectivity index (χ4n) is 2.22. The third-order valence-electron chi connectivity index (χ3n) is 2.94. The SMILES string of the molecule is CCC(CC)N(CC(C)C)CC(O)CNC. The smallest absolute Gasteiger partial charge is 0.0791 e. The Morgan fingerprint density at radius 3 is 2.06 bits per heavy atom. The molecule has 0 aromatic carbocycles. The van der Waals surface area contributed by atoms with Gasteiger partial charge in [0.05, 0.1) is 6.10 Å². The molecule has 0 saturated heterocycles. The average molecular weight is 230 g/mol. The van der Waals surface area contributed by atoms with Crippen LogP contribution < -0.4 is 5.32 Å². The monoisotopic (exact) mass is 230 g/mol. The summed E-state index contributed by atoms with van der Waals surface area (Å²) in [6, 6.07) is 0.605. The number of likely N-dealkylation sites (N-methyl/N-ethyl adjacent to an activating group) is 1. The summed E-state index contributed by atoms with van der Waals surface area (Å²) < 4.78 is 0. The van der Waals surface area contributed by atoms with E-state index in [9.17, 15) is 5.11 Å². The Bertz CT molecular complexity index is 158. The highest BCUT2D eigenvalue weighted by atomic mass is 16.3. The molecular formula is C13H30N2O. The van der Waals surface area contributed by atoms with Gasteiger partial charge in [0.1, 0.15) is 0 Å². The number of hydrogen-bond donors (Lipinski definition) is 2. The number of nitrogens with zero attached hydrogens (tertiary/aromatic N) is 1. The molecule has 0 fully saturated rings. The molecule has 0 aliphatic heterocycles. The third kappa shape index (κ3) is 6.46. The van der Waals surface area contributed by atoms with Crippen molar-refractivity contribution < 1.29 is 5.11 Å². The molecule has 0 spiro atoms. The highest BCUT2D eigenvalue weighted by Crippen LogP contribution is 2.11. The maximum Gasteiger partial charge on any atom is 0.0791 e. The average Bonchev–Trinajstić information content (AvgIpc) is 2.18. The van der Waals surface area contributed by atoms with Crippen LogP contribution in [0.4, 0.5) is 0 Å². The highest BCUT2D eigenvalue weighted by Gasteiger charge is 2.18. The second-order valence-electron chi connectivity index (χ2n) is 5.03.